The molecule has 5 nitrogen and oxygen atoms in total. The lowest BCUT2D eigenvalue weighted by Gasteiger charge is -2.41. The van der Waals surface area contributed by atoms with Gasteiger partial charge in [0.2, 0.25) is 5.92 Å². The van der Waals surface area contributed by atoms with Gasteiger partial charge in [0.1, 0.15) is 5.60 Å². The van der Waals surface area contributed by atoms with E-state index in [1.165, 1.54) is 4.90 Å². The van der Waals surface area contributed by atoms with E-state index in [2.05, 4.69) is 0 Å². The van der Waals surface area contributed by atoms with Gasteiger partial charge in [-0.15, -0.1) is 0 Å². The molecule has 128 valence electrons. The van der Waals surface area contributed by atoms with Crippen LogP contribution in [0.5, 0.6) is 0 Å². The summed E-state index contributed by atoms with van der Waals surface area (Å²) in [6.45, 7) is 4.85. The summed E-state index contributed by atoms with van der Waals surface area (Å²) in [7, 11) is 0. The third-order valence-electron chi connectivity index (χ3n) is 4.76. The number of ether oxygens (including phenoxy) is 1. The second-order valence-corrected chi connectivity index (χ2v) is 7.65. The standard InChI is InChI=1S/C15H25F2NO4/c1-12(2,3)22-11(20)18-7-6-14(21,9-18)13(10-19)4-5-15(16,17)8-13/h19,21H,4-10H2,1-3H3. The molecule has 22 heavy (non-hydrogen) atoms. The monoisotopic (exact) mass is 321 g/mol. The number of carbonyl (C=O) groups is 1. The van der Waals surface area contributed by atoms with Gasteiger partial charge in [-0.25, -0.2) is 13.6 Å². The molecular formula is C15H25F2NO4. The minimum Gasteiger partial charge on any atom is -0.444 e. The van der Waals surface area contributed by atoms with Gasteiger partial charge in [0.05, 0.1) is 18.8 Å². The highest BCUT2D eigenvalue weighted by Gasteiger charge is 2.61. The van der Waals surface area contributed by atoms with Crippen molar-refractivity contribution in [2.45, 2.75) is 63.6 Å². The Labute approximate surface area is 129 Å². The minimum absolute atomic E-state index is 0.0508. The van der Waals surface area contributed by atoms with Crippen LogP contribution in [0.3, 0.4) is 0 Å². The maximum atomic E-state index is 13.6. The van der Waals surface area contributed by atoms with Crippen LogP contribution in [0.4, 0.5) is 13.6 Å². The average molecular weight is 321 g/mol. The minimum atomic E-state index is -2.88. The normalized spacial score (nSPS) is 35.0. The van der Waals surface area contributed by atoms with Crippen molar-refractivity contribution in [3.8, 4) is 0 Å². The molecule has 7 heteroatoms. The Balaban J connectivity index is 2.11. The van der Waals surface area contributed by atoms with E-state index in [1.54, 1.807) is 20.8 Å². The van der Waals surface area contributed by atoms with Crippen molar-refractivity contribution in [2.24, 2.45) is 5.41 Å². The van der Waals surface area contributed by atoms with E-state index in [0.717, 1.165) is 0 Å². The Kier molecular flexibility index (Phi) is 4.19. The van der Waals surface area contributed by atoms with Gasteiger partial charge in [0, 0.05) is 24.8 Å². The summed E-state index contributed by atoms with van der Waals surface area (Å²) in [5.74, 6) is -2.88. The van der Waals surface area contributed by atoms with Crippen LogP contribution in [0.2, 0.25) is 0 Å². The number of hydrogen-bond acceptors (Lipinski definition) is 4. The van der Waals surface area contributed by atoms with Crippen LogP contribution >= 0.6 is 0 Å². The second-order valence-electron chi connectivity index (χ2n) is 7.65. The molecule has 0 aromatic heterocycles. The molecule has 1 heterocycles. The van der Waals surface area contributed by atoms with Gasteiger partial charge in [-0.3, -0.25) is 0 Å². The van der Waals surface area contributed by atoms with E-state index >= 15 is 0 Å². The third kappa shape index (κ3) is 3.20. The van der Waals surface area contributed by atoms with Gasteiger partial charge in [-0.1, -0.05) is 0 Å². The molecule has 1 aliphatic heterocycles. The zero-order valence-corrected chi connectivity index (χ0v) is 13.4. The summed E-state index contributed by atoms with van der Waals surface area (Å²) in [6, 6.07) is 0. The topological polar surface area (TPSA) is 70.0 Å². The number of aliphatic hydroxyl groups excluding tert-OH is 1. The Bertz CT molecular complexity index is 451. The number of rotatable bonds is 2. The fourth-order valence-electron chi connectivity index (χ4n) is 3.48. The quantitative estimate of drug-likeness (QED) is 0.818. The smallest absolute Gasteiger partial charge is 0.410 e. The number of likely N-dealkylation sites (tertiary alicyclic amines) is 1. The summed E-state index contributed by atoms with van der Waals surface area (Å²) < 4.78 is 32.5. The molecule has 0 aromatic carbocycles. The van der Waals surface area contributed by atoms with E-state index < -0.39 is 41.7 Å². The Morgan fingerprint density at radius 3 is 2.36 bits per heavy atom. The molecule has 2 unspecified atom stereocenters. The molecule has 1 aliphatic carbocycles. The van der Waals surface area contributed by atoms with Crippen molar-refractivity contribution < 1.29 is 28.5 Å². The SMILES string of the molecule is CC(C)(C)OC(=O)N1CCC(O)(C2(CO)CCC(F)(F)C2)C1. The molecule has 0 radical (unpaired) electrons. The number of alkyl halides is 2. The summed E-state index contributed by atoms with van der Waals surface area (Å²) in [5, 5.41) is 20.5. The number of nitrogens with zero attached hydrogens (tertiary/aromatic N) is 1. The molecule has 2 atom stereocenters. The van der Waals surface area contributed by atoms with Gasteiger partial charge in [0.15, 0.2) is 0 Å². The fraction of sp³-hybridized carbons (Fsp3) is 0.933. The van der Waals surface area contributed by atoms with Crippen molar-refractivity contribution >= 4 is 6.09 Å². The maximum Gasteiger partial charge on any atom is 0.410 e. The molecular weight excluding hydrogens is 296 g/mol. The summed E-state index contributed by atoms with van der Waals surface area (Å²) in [5.41, 5.74) is -3.42. The zero-order chi connectivity index (χ0) is 16.8. The first-order valence-electron chi connectivity index (χ1n) is 7.61. The number of halogens is 2. The molecule has 1 saturated heterocycles. The molecule has 2 fully saturated rings. The highest BCUT2D eigenvalue weighted by molar-refractivity contribution is 5.68. The largest absolute Gasteiger partial charge is 0.444 e. The Morgan fingerprint density at radius 1 is 1.27 bits per heavy atom. The summed E-state index contributed by atoms with van der Waals surface area (Å²) in [6.07, 6.45) is -1.24. The molecule has 0 spiro atoms. The number of amides is 1. The molecule has 2 N–H and O–H groups in total. The number of hydrogen-bond donors (Lipinski definition) is 2. The Hall–Kier alpha value is -0.950. The lowest BCUT2D eigenvalue weighted by molar-refractivity contribution is -0.116. The van der Waals surface area contributed by atoms with Crippen LogP contribution in [0.1, 0.15) is 46.5 Å². The second kappa shape index (κ2) is 5.30. The van der Waals surface area contributed by atoms with Crippen molar-refractivity contribution in [1.29, 1.82) is 0 Å². The van der Waals surface area contributed by atoms with Crippen LogP contribution in [-0.2, 0) is 4.74 Å². The third-order valence-corrected chi connectivity index (χ3v) is 4.76. The zero-order valence-electron chi connectivity index (χ0n) is 13.4. The molecule has 1 amide bonds. The van der Waals surface area contributed by atoms with E-state index in [4.69, 9.17) is 4.74 Å². The van der Waals surface area contributed by atoms with Crippen LogP contribution in [0.25, 0.3) is 0 Å². The molecule has 2 aliphatic rings. The van der Waals surface area contributed by atoms with Crippen molar-refractivity contribution in [3.63, 3.8) is 0 Å². The van der Waals surface area contributed by atoms with E-state index in [-0.39, 0.29) is 32.4 Å². The highest BCUT2D eigenvalue weighted by atomic mass is 19.3. The molecule has 2 rings (SSSR count). The maximum absolute atomic E-state index is 13.6. The van der Waals surface area contributed by atoms with Gasteiger partial charge >= 0.3 is 6.09 Å². The fourth-order valence-corrected chi connectivity index (χ4v) is 3.48. The van der Waals surface area contributed by atoms with E-state index in [0.29, 0.717) is 0 Å². The van der Waals surface area contributed by atoms with Crippen LogP contribution in [0.15, 0.2) is 0 Å². The number of carbonyl (C=O) groups excluding carboxylic acids is 1. The van der Waals surface area contributed by atoms with Crippen LogP contribution in [-0.4, -0.2) is 58.0 Å². The predicted molar refractivity (Wildman–Crippen MR) is 75.7 cm³/mol. The Morgan fingerprint density at radius 2 is 1.91 bits per heavy atom. The van der Waals surface area contributed by atoms with Crippen molar-refractivity contribution in [2.75, 3.05) is 19.7 Å². The summed E-state index contributed by atoms with van der Waals surface area (Å²) in [4.78, 5) is 13.4. The average Bonchev–Trinajstić information content (AvgIpc) is 2.90. The molecule has 0 aromatic rings. The number of aliphatic hydroxyl groups is 2. The first-order valence-corrected chi connectivity index (χ1v) is 7.61. The predicted octanol–water partition coefficient (Wildman–Crippen LogP) is 2.16. The summed E-state index contributed by atoms with van der Waals surface area (Å²) >= 11 is 0. The van der Waals surface area contributed by atoms with Gasteiger partial charge in [-0.2, -0.15) is 0 Å². The highest BCUT2D eigenvalue weighted by Crippen LogP contribution is 2.55. The van der Waals surface area contributed by atoms with Crippen LogP contribution in [0, 0.1) is 5.41 Å². The van der Waals surface area contributed by atoms with Gasteiger partial charge in [0.25, 0.3) is 0 Å². The molecule has 0 bridgehead atoms. The van der Waals surface area contributed by atoms with Crippen LogP contribution < -0.4 is 0 Å². The van der Waals surface area contributed by atoms with E-state index in [1.807, 2.05) is 0 Å². The van der Waals surface area contributed by atoms with Crippen molar-refractivity contribution in [1.82, 2.24) is 4.90 Å². The lowest BCUT2D eigenvalue weighted by Crippen LogP contribution is -2.52. The van der Waals surface area contributed by atoms with Crippen molar-refractivity contribution in [3.05, 3.63) is 0 Å². The first-order chi connectivity index (χ1) is 9.92. The van der Waals surface area contributed by atoms with Gasteiger partial charge in [-0.05, 0) is 33.6 Å². The lowest BCUT2D eigenvalue weighted by atomic mass is 9.70. The molecule has 1 saturated carbocycles. The number of β-amino-alcohol motifs (C(OH)–C–C–N with tert-alkyl or cyclic N) is 1. The first kappa shape index (κ1) is 17.4. The van der Waals surface area contributed by atoms with Gasteiger partial charge < -0.3 is 19.8 Å². The van der Waals surface area contributed by atoms with E-state index in [9.17, 15) is 23.8 Å².